The number of carbonyl (C=O) groups excluding carboxylic acids is 2. The summed E-state index contributed by atoms with van der Waals surface area (Å²) in [6, 6.07) is 24.4. The van der Waals surface area contributed by atoms with E-state index in [1.807, 2.05) is 18.2 Å². The van der Waals surface area contributed by atoms with Gasteiger partial charge >= 0.3 is 0 Å². The molecule has 2 heteroatoms. The Balaban J connectivity index is 1.71. The third kappa shape index (κ3) is 6.00. The second-order valence-corrected chi connectivity index (χ2v) is 8.25. The van der Waals surface area contributed by atoms with Crippen molar-refractivity contribution in [3.05, 3.63) is 106 Å². The van der Waals surface area contributed by atoms with Gasteiger partial charge in [0.15, 0.2) is 11.6 Å². The van der Waals surface area contributed by atoms with Crippen molar-refractivity contribution in [1.82, 2.24) is 0 Å². The lowest BCUT2D eigenvalue weighted by atomic mass is 9.90. The van der Waals surface area contributed by atoms with Crippen molar-refractivity contribution >= 4 is 11.6 Å². The zero-order valence-corrected chi connectivity index (χ0v) is 18.2. The van der Waals surface area contributed by atoms with Crippen LogP contribution in [0.5, 0.6) is 0 Å². The fourth-order valence-corrected chi connectivity index (χ4v) is 3.75. The van der Waals surface area contributed by atoms with Crippen LogP contribution in [0.2, 0.25) is 0 Å². The van der Waals surface area contributed by atoms with Crippen molar-refractivity contribution < 1.29 is 9.59 Å². The van der Waals surface area contributed by atoms with Crippen LogP contribution < -0.4 is 0 Å². The van der Waals surface area contributed by atoms with Gasteiger partial charge in [0.2, 0.25) is 0 Å². The zero-order valence-electron chi connectivity index (χ0n) is 18.2. The molecule has 3 aromatic rings. The lowest BCUT2D eigenvalue weighted by Gasteiger charge is -2.13. The number of Topliss-reactive ketones (excluding diaryl/α,β-unsaturated/α-hetero) is 2. The van der Waals surface area contributed by atoms with Crippen LogP contribution in [0.1, 0.15) is 75.6 Å². The molecule has 0 saturated carbocycles. The van der Waals surface area contributed by atoms with Crippen LogP contribution in [-0.2, 0) is 12.8 Å². The monoisotopic (exact) mass is 398 g/mol. The first-order chi connectivity index (χ1) is 14.4. The van der Waals surface area contributed by atoms with Crippen LogP contribution in [0.25, 0.3) is 0 Å². The maximum atomic E-state index is 13.0. The Hall–Kier alpha value is -3.00. The molecule has 3 aromatic carbocycles. The molecule has 0 aliphatic rings. The Kier molecular flexibility index (Phi) is 7.35. The summed E-state index contributed by atoms with van der Waals surface area (Å²) in [4.78, 5) is 25.0. The topological polar surface area (TPSA) is 34.1 Å². The van der Waals surface area contributed by atoms with E-state index in [2.05, 4.69) is 62.4 Å². The highest BCUT2D eigenvalue weighted by molar-refractivity contribution is 6.01. The van der Waals surface area contributed by atoms with Crippen molar-refractivity contribution in [3.63, 3.8) is 0 Å². The van der Waals surface area contributed by atoms with Crippen LogP contribution in [0, 0.1) is 6.92 Å². The molecule has 0 aromatic heterocycles. The minimum absolute atomic E-state index is 0.000502. The molecule has 0 radical (unpaired) electrons. The second-order valence-electron chi connectivity index (χ2n) is 8.25. The van der Waals surface area contributed by atoms with E-state index < -0.39 is 0 Å². The van der Waals surface area contributed by atoms with Crippen molar-refractivity contribution in [1.29, 1.82) is 0 Å². The molecule has 0 saturated heterocycles. The summed E-state index contributed by atoms with van der Waals surface area (Å²) in [5.41, 5.74) is 6.02. The second kappa shape index (κ2) is 10.2. The molecule has 0 aliphatic carbocycles. The maximum Gasteiger partial charge on any atom is 0.163 e. The van der Waals surface area contributed by atoms with Crippen LogP contribution in [0.4, 0.5) is 0 Å². The highest BCUT2D eigenvalue weighted by Gasteiger charge is 2.15. The van der Waals surface area contributed by atoms with E-state index in [1.165, 1.54) is 16.7 Å². The average Bonchev–Trinajstić information content (AvgIpc) is 2.74. The number of aryl methyl sites for hydroxylation is 3. The van der Waals surface area contributed by atoms with Crippen LogP contribution in [0.3, 0.4) is 0 Å². The van der Waals surface area contributed by atoms with Crippen LogP contribution in [0.15, 0.2) is 72.8 Å². The molecule has 0 unspecified atom stereocenters. The number of benzene rings is 3. The maximum absolute atomic E-state index is 13.0. The number of ketones is 2. The Bertz CT molecular complexity index is 1000. The minimum atomic E-state index is 0.000502. The predicted molar refractivity (Wildman–Crippen MR) is 123 cm³/mol. The molecule has 0 bridgehead atoms. The summed E-state index contributed by atoms with van der Waals surface area (Å²) in [6.45, 7) is 5.70. The van der Waals surface area contributed by atoms with E-state index in [1.54, 1.807) is 13.0 Å². The van der Waals surface area contributed by atoms with Gasteiger partial charge in [0.25, 0.3) is 0 Å². The fraction of sp³-hybridized carbons (Fsp3) is 0.286. The van der Waals surface area contributed by atoms with E-state index >= 15 is 0 Å². The van der Waals surface area contributed by atoms with Gasteiger partial charge in [0.05, 0.1) is 0 Å². The molecule has 30 heavy (non-hydrogen) atoms. The van der Waals surface area contributed by atoms with E-state index in [9.17, 15) is 9.59 Å². The van der Waals surface area contributed by atoms with Gasteiger partial charge in [0, 0.05) is 17.5 Å². The molecule has 0 N–H and O–H groups in total. The van der Waals surface area contributed by atoms with Gasteiger partial charge in [-0.3, -0.25) is 9.59 Å². The van der Waals surface area contributed by atoms with Crippen molar-refractivity contribution in [2.24, 2.45) is 0 Å². The van der Waals surface area contributed by atoms with Crippen molar-refractivity contribution in [2.75, 3.05) is 0 Å². The lowest BCUT2D eigenvalue weighted by Crippen LogP contribution is -2.08. The van der Waals surface area contributed by atoms with Crippen LogP contribution in [-0.4, -0.2) is 11.6 Å². The number of hydrogen-bond acceptors (Lipinski definition) is 2. The normalized spacial score (nSPS) is 11.8. The van der Waals surface area contributed by atoms with E-state index in [0.29, 0.717) is 17.5 Å². The number of hydrogen-bond donors (Lipinski definition) is 0. The van der Waals surface area contributed by atoms with E-state index in [0.717, 1.165) is 24.8 Å². The Morgan fingerprint density at radius 3 is 2.10 bits per heavy atom. The molecule has 0 spiro atoms. The first-order valence-corrected chi connectivity index (χ1v) is 10.7. The van der Waals surface area contributed by atoms with Gasteiger partial charge in [-0.1, -0.05) is 67.1 Å². The largest absolute Gasteiger partial charge is 0.295 e. The Labute approximate surface area is 180 Å². The van der Waals surface area contributed by atoms with Gasteiger partial charge in [0.1, 0.15) is 0 Å². The van der Waals surface area contributed by atoms with Gasteiger partial charge in [-0.25, -0.2) is 0 Å². The predicted octanol–water partition coefficient (Wildman–Crippen LogP) is 6.75. The SMILES string of the molecule is CC(=O)c1cc(CCCc2ccccc2)cc(C(=O)C[C@H](C)c2ccc(C)cc2)c1. The first kappa shape index (κ1) is 21.7. The van der Waals surface area contributed by atoms with E-state index in [-0.39, 0.29) is 17.5 Å². The van der Waals surface area contributed by atoms with Crippen molar-refractivity contribution in [3.8, 4) is 0 Å². The summed E-state index contributed by atoms with van der Waals surface area (Å²) in [5, 5.41) is 0. The summed E-state index contributed by atoms with van der Waals surface area (Å²) in [7, 11) is 0. The standard InChI is InChI=1S/C28H30O2/c1-20-12-14-25(15-13-20)21(2)16-28(30)27-18-24(17-26(19-27)22(3)29)11-7-10-23-8-5-4-6-9-23/h4-6,8-9,12-15,17-19,21H,7,10-11,16H2,1-3H3/t21-/m0/s1. The molecule has 0 amide bonds. The van der Waals surface area contributed by atoms with Gasteiger partial charge in [-0.05, 0) is 73.9 Å². The summed E-state index contributed by atoms with van der Waals surface area (Å²) in [5.74, 6) is 0.233. The zero-order chi connectivity index (χ0) is 21.5. The van der Waals surface area contributed by atoms with Crippen LogP contribution >= 0.6 is 0 Å². The molecule has 0 aliphatic heterocycles. The minimum Gasteiger partial charge on any atom is -0.295 e. The average molecular weight is 399 g/mol. The molecular weight excluding hydrogens is 368 g/mol. The summed E-state index contributed by atoms with van der Waals surface area (Å²) < 4.78 is 0. The molecule has 0 heterocycles. The fourth-order valence-electron chi connectivity index (χ4n) is 3.75. The Morgan fingerprint density at radius 1 is 0.800 bits per heavy atom. The van der Waals surface area contributed by atoms with E-state index in [4.69, 9.17) is 0 Å². The molecule has 0 fully saturated rings. The summed E-state index contributed by atoms with van der Waals surface area (Å²) >= 11 is 0. The quantitative estimate of drug-likeness (QED) is 0.374. The molecule has 3 rings (SSSR count). The highest BCUT2D eigenvalue weighted by Crippen LogP contribution is 2.23. The van der Waals surface area contributed by atoms with Crippen molar-refractivity contribution in [2.45, 2.75) is 52.4 Å². The van der Waals surface area contributed by atoms with Gasteiger partial charge < -0.3 is 0 Å². The molecule has 2 nitrogen and oxygen atoms in total. The van der Waals surface area contributed by atoms with Gasteiger partial charge in [-0.2, -0.15) is 0 Å². The summed E-state index contributed by atoms with van der Waals surface area (Å²) in [6.07, 6.45) is 3.26. The third-order valence-corrected chi connectivity index (χ3v) is 5.63. The smallest absolute Gasteiger partial charge is 0.163 e. The third-order valence-electron chi connectivity index (χ3n) is 5.63. The highest BCUT2D eigenvalue weighted by atomic mass is 16.1. The lowest BCUT2D eigenvalue weighted by molar-refractivity contribution is 0.0975. The molecule has 1 atom stereocenters. The molecular formula is C28H30O2. The Morgan fingerprint density at radius 2 is 1.43 bits per heavy atom. The first-order valence-electron chi connectivity index (χ1n) is 10.7. The number of rotatable bonds is 9. The number of carbonyl (C=O) groups is 2. The van der Waals surface area contributed by atoms with Gasteiger partial charge in [-0.15, -0.1) is 0 Å². The molecule has 154 valence electrons.